The second-order valence-electron chi connectivity index (χ2n) is 6.69. The SMILES string of the molecule is C=C(Cl)SC(=CC)C(O)OC(CN)CN(C(=O)OC)c1ccc(N2CCOCC2=O)cc1. The quantitative estimate of drug-likeness (QED) is 0.486. The highest BCUT2D eigenvalue weighted by atomic mass is 35.5. The van der Waals surface area contributed by atoms with Crippen LogP contribution >= 0.6 is 23.4 Å². The van der Waals surface area contributed by atoms with Gasteiger partial charge in [0.05, 0.1) is 30.7 Å². The van der Waals surface area contributed by atoms with E-state index in [0.717, 1.165) is 11.8 Å². The van der Waals surface area contributed by atoms with Crippen LogP contribution in [0.3, 0.4) is 0 Å². The number of benzene rings is 1. The number of amides is 2. The van der Waals surface area contributed by atoms with E-state index in [1.807, 2.05) is 0 Å². The Hall–Kier alpha value is -2.08. The van der Waals surface area contributed by atoms with Crippen molar-refractivity contribution < 1.29 is 28.9 Å². The van der Waals surface area contributed by atoms with E-state index in [1.54, 1.807) is 42.2 Å². The molecule has 1 aromatic carbocycles. The van der Waals surface area contributed by atoms with Crippen LogP contribution in [0.25, 0.3) is 0 Å². The molecule has 0 spiro atoms. The Labute approximate surface area is 196 Å². The first-order chi connectivity index (χ1) is 15.3. The Morgan fingerprint density at radius 3 is 2.69 bits per heavy atom. The molecule has 1 aliphatic rings. The second-order valence-corrected chi connectivity index (χ2v) is 8.54. The third kappa shape index (κ3) is 7.22. The minimum atomic E-state index is -1.29. The highest BCUT2D eigenvalue weighted by Crippen LogP contribution is 2.30. The number of allylic oxidation sites excluding steroid dienone is 1. The number of hydrogen-bond donors (Lipinski definition) is 2. The number of thioether (sulfide) groups is 1. The molecule has 0 radical (unpaired) electrons. The number of nitrogens with two attached hydrogens (primary N) is 1. The highest BCUT2D eigenvalue weighted by molar-refractivity contribution is 8.08. The first-order valence-corrected chi connectivity index (χ1v) is 11.1. The number of anilines is 2. The number of aliphatic hydroxyl groups excluding tert-OH is 1. The van der Waals surface area contributed by atoms with Gasteiger partial charge in [0.1, 0.15) is 6.61 Å². The molecule has 176 valence electrons. The number of hydrogen-bond acceptors (Lipinski definition) is 8. The monoisotopic (exact) mass is 485 g/mol. The van der Waals surface area contributed by atoms with Gasteiger partial charge in [-0.2, -0.15) is 0 Å². The minimum absolute atomic E-state index is 0.0273. The zero-order valence-corrected chi connectivity index (χ0v) is 19.6. The average molecular weight is 486 g/mol. The van der Waals surface area contributed by atoms with Crippen LogP contribution in [0.15, 0.2) is 46.2 Å². The van der Waals surface area contributed by atoms with Gasteiger partial charge in [0.2, 0.25) is 0 Å². The topological polar surface area (TPSA) is 115 Å². The molecule has 1 fully saturated rings. The maximum absolute atomic E-state index is 12.4. The molecule has 1 heterocycles. The maximum Gasteiger partial charge on any atom is 0.414 e. The Balaban J connectivity index is 2.15. The summed E-state index contributed by atoms with van der Waals surface area (Å²) in [6.07, 6.45) is -0.960. The standard InChI is InChI=1S/C21H28ClN3O6S/c1-4-18(32-14(2)22)20(27)31-17(11-23)12-25(21(28)29-3)16-7-5-15(6-8-16)24-9-10-30-13-19(24)26/h4-8,17,20,27H,2,9-13,23H2,1,3H3. The minimum Gasteiger partial charge on any atom is -0.452 e. The summed E-state index contributed by atoms with van der Waals surface area (Å²) in [6, 6.07) is 6.87. The number of nitrogens with zero attached hydrogens (tertiary/aromatic N) is 2. The van der Waals surface area contributed by atoms with Gasteiger partial charge in [-0.05, 0) is 31.2 Å². The summed E-state index contributed by atoms with van der Waals surface area (Å²) in [6.45, 7) is 6.34. The molecule has 0 aliphatic carbocycles. The summed E-state index contributed by atoms with van der Waals surface area (Å²) < 4.78 is 16.0. The van der Waals surface area contributed by atoms with Gasteiger partial charge >= 0.3 is 6.09 Å². The number of ether oxygens (including phenoxy) is 3. The van der Waals surface area contributed by atoms with Crippen LogP contribution in [0, 0.1) is 0 Å². The van der Waals surface area contributed by atoms with E-state index >= 15 is 0 Å². The van der Waals surface area contributed by atoms with Crippen LogP contribution in [-0.2, 0) is 19.0 Å². The fourth-order valence-electron chi connectivity index (χ4n) is 3.00. The van der Waals surface area contributed by atoms with E-state index in [1.165, 1.54) is 12.0 Å². The molecule has 1 aromatic rings. The average Bonchev–Trinajstić information content (AvgIpc) is 2.79. The van der Waals surface area contributed by atoms with Crippen molar-refractivity contribution in [3.63, 3.8) is 0 Å². The summed E-state index contributed by atoms with van der Waals surface area (Å²) >= 11 is 6.88. The van der Waals surface area contributed by atoms with Gasteiger partial charge in [-0.15, -0.1) is 0 Å². The largest absolute Gasteiger partial charge is 0.452 e. The Bertz CT molecular complexity index is 835. The summed E-state index contributed by atoms with van der Waals surface area (Å²) in [5.74, 6) is -0.128. The van der Waals surface area contributed by atoms with Crippen molar-refractivity contribution in [1.29, 1.82) is 0 Å². The second kappa shape index (κ2) is 12.8. The molecule has 1 aliphatic heterocycles. The van der Waals surface area contributed by atoms with Gasteiger partial charge in [0, 0.05) is 29.4 Å². The fraction of sp³-hybridized carbons (Fsp3) is 0.429. The number of halogens is 1. The van der Waals surface area contributed by atoms with Crippen LogP contribution in [0.1, 0.15) is 6.92 Å². The molecule has 2 unspecified atom stereocenters. The molecule has 9 nitrogen and oxygen atoms in total. The number of rotatable bonds is 10. The van der Waals surface area contributed by atoms with Crippen molar-refractivity contribution >= 4 is 46.7 Å². The van der Waals surface area contributed by atoms with Gasteiger partial charge in [-0.3, -0.25) is 9.69 Å². The van der Waals surface area contributed by atoms with E-state index in [2.05, 4.69) is 6.58 Å². The molecule has 1 saturated heterocycles. The Morgan fingerprint density at radius 2 is 2.16 bits per heavy atom. The highest BCUT2D eigenvalue weighted by Gasteiger charge is 2.25. The maximum atomic E-state index is 12.4. The van der Waals surface area contributed by atoms with Crippen LogP contribution in [0.5, 0.6) is 0 Å². The van der Waals surface area contributed by atoms with Gasteiger partial charge < -0.3 is 30.0 Å². The van der Waals surface area contributed by atoms with Gasteiger partial charge in [-0.25, -0.2) is 4.79 Å². The molecule has 0 bridgehead atoms. The van der Waals surface area contributed by atoms with E-state index in [4.69, 9.17) is 31.5 Å². The number of aliphatic hydroxyl groups is 1. The molecular weight excluding hydrogens is 458 g/mol. The Morgan fingerprint density at radius 1 is 1.47 bits per heavy atom. The molecule has 3 N–H and O–H groups in total. The van der Waals surface area contributed by atoms with Crippen molar-refractivity contribution in [1.82, 2.24) is 0 Å². The van der Waals surface area contributed by atoms with Crippen molar-refractivity contribution in [3.8, 4) is 0 Å². The lowest BCUT2D eigenvalue weighted by Gasteiger charge is -2.29. The number of carbonyl (C=O) groups is 2. The molecular formula is C21H28ClN3O6S. The molecule has 32 heavy (non-hydrogen) atoms. The lowest BCUT2D eigenvalue weighted by Crippen LogP contribution is -2.43. The van der Waals surface area contributed by atoms with E-state index in [-0.39, 0.29) is 30.0 Å². The predicted octanol–water partition coefficient (Wildman–Crippen LogP) is 2.63. The number of carbonyl (C=O) groups excluding carboxylic acids is 2. The molecule has 11 heteroatoms. The zero-order valence-electron chi connectivity index (χ0n) is 18.0. The van der Waals surface area contributed by atoms with Crippen molar-refractivity contribution in [3.05, 3.63) is 46.2 Å². The van der Waals surface area contributed by atoms with Crippen molar-refractivity contribution in [2.75, 3.05) is 49.8 Å². The van der Waals surface area contributed by atoms with Crippen molar-refractivity contribution in [2.45, 2.75) is 19.3 Å². The zero-order chi connectivity index (χ0) is 23.7. The molecule has 0 aromatic heterocycles. The molecule has 0 saturated carbocycles. The van der Waals surface area contributed by atoms with Crippen LogP contribution in [-0.4, -0.2) is 69.5 Å². The lowest BCUT2D eigenvalue weighted by atomic mass is 10.2. The summed E-state index contributed by atoms with van der Waals surface area (Å²) in [4.78, 5) is 27.9. The Kier molecular flexibility index (Phi) is 10.5. The molecule has 2 atom stereocenters. The third-order valence-electron chi connectivity index (χ3n) is 4.58. The summed E-state index contributed by atoms with van der Waals surface area (Å²) in [7, 11) is 1.27. The molecule has 2 amide bonds. The number of methoxy groups -OCH3 is 1. The van der Waals surface area contributed by atoms with Crippen molar-refractivity contribution in [2.24, 2.45) is 5.73 Å². The van der Waals surface area contributed by atoms with E-state index in [0.29, 0.717) is 29.4 Å². The van der Waals surface area contributed by atoms with Gasteiger partial charge in [0.25, 0.3) is 5.91 Å². The lowest BCUT2D eigenvalue weighted by molar-refractivity contribution is -0.125. The smallest absolute Gasteiger partial charge is 0.414 e. The normalized spacial score (nSPS) is 16.5. The van der Waals surface area contributed by atoms with Gasteiger partial charge in [0.15, 0.2) is 6.29 Å². The third-order valence-corrected chi connectivity index (χ3v) is 5.71. The first-order valence-electron chi connectivity index (χ1n) is 9.86. The van der Waals surface area contributed by atoms with Crippen LogP contribution in [0.4, 0.5) is 16.2 Å². The van der Waals surface area contributed by atoms with Gasteiger partial charge in [-0.1, -0.05) is 36.0 Å². The summed E-state index contributed by atoms with van der Waals surface area (Å²) in [5.41, 5.74) is 7.05. The van der Waals surface area contributed by atoms with E-state index in [9.17, 15) is 14.7 Å². The fourth-order valence-corrected chi connectivity index (χ4v) is 3.80. The number of morpholine rings is 1. The van der Waals surface area contributed by atoms with Crippen LogP contribution in [0.2, 0.25) is 0 Å². The van der Waals surface area contributed by atoms with Crippen LogP contribution < -0.4 is 15.5 Å². The van der Waals surface area contributed by atoms with E-state index < -0.39 is 18.5 Å². The predicted molar refractivity (Wildman–Crippen MR) is 126 cm³/mol. The molecule has 2 rings (SSSR count). The summed E-state index contributed by atoms with van der Waals surface area (Å²) in [5, 5.41) is 10.4. The first kappa shape index (κ1) is 26.2.